The number of imide groups is 1. The zero-order valence-corrected chi connectivity index (χ0v) is 17.8. The Bertz CT molecular complexity index is 1170. The van der Waals surface area contributed by atoms with Crippen LogP contribution in [0.5, 0.6) is 0 Å². The van der Waals surface area contributed by atoms with Gasteiger partial charge in [-0.25, -0.2) is 4.39 Å². The molecule has 0 spiro atoms. The van der Waals surface area contributed by atoms with Gasteiger partial charge in [-0.2, -0.15) is 0 Å². The topological polar surface area (TPSA) is 98.8 Å². The normalized spacial score (nSPS) is 22.9. The van der Waals surface area contributed by atoms with E-state index in [1.807, 2.05) is 0 Å². The monoisotopic (exact) mass is 450 g/mol. The first-order chi connectivity index (χ1) is 15.9. The van der Waals surface area contributed by atoms with E-state index in [1.165, 1.54) is 17.0 Å². The van der Waals surface area contributed by atoms with Crippen molar-refractivity contribution in [1.29, 1.82) is 0 Å². The van der Waals surface area contributed by atoms with Gasteiger partial charge in [0.05, 0.1) is 6.04 Å². The summed E-state index contributed by atoms with van der Waals surface area (Å²) >= 11 is 0. The minimum atomic E-state index is -0.702. The molecule has 2 unspecified atom stereocenters. The SMILES string of the molecule is O=C1CCC(N2Cc3cc(C(=O)N4CCNCC4c4cccc(F)c4)ccc3C2=O)C(=O)N1. The predicted molar refractivity (Wildman–Crippen MR) is 116 cm³/mol. The number of rotatable bonds is 3. The predicted octanol–water partition coefficient (Wildman–Crippen LogP) is 1.37. The highest BCUT2D eigenvalue weighted by atomic mass is 19.1. The second kappa shape index (κ2) is 8.40. The first kappa shape index (κ1) is 21.3. The highest BCUT2D eigenvalue weighted by molar-refractivity contribution is 6.06. The molecule has 0 bridgehead atoms. The molecule has 2 fully saturated rings. The summed E-state index contributed by atoms with van der Waals surface area (Å²) in [5, 5.41) is 5.54. The number of fused-ring (bicyclic) bond motifs is 1. The smallest absolute Gasteiger partial charge is 0.255 e. The van der Waals surface area contributed by atoms with Crippen LogP contribution in [0.3, 0.4) is 0 Å². The average molecular weight is 450 g/mol. The van der Waals surface area contributed by atoms with Crippen LogP contribution in [0.15, 0.2) is 42.5 Å². The van der Waals surface area contributed by atoms with E-state index in [2.05, 4.69) is 10.6 Å². The highest BCUT2D eigenvalue weighted by Gasteiger charge is 2.39. The van der Waals surface area contributed by atoms with Gasteiger partial charge < -0.3 is 15.1 Å². The lowest BCUT2D eigenvalue weighted by Gasteiger charge is -2.36. The van der Waals surface area contributed by atoms with Crippen LogP contribution in [0.25, 0.3) is 0 Å². The number of piperazine rings is 1. The molecule has 170 valence electrons. The molecule has 0 saturated carbocycles. The molecule has 5 rings (SSSR count). The molecule has 33 heavy (non-hydrogen) atoms. The van der Waals surface area contributed by atoms with E-state index in [4.69, 9.17) is 0 Å². The van der Waals surface area contributed by atoms with Crippen LogP contribution in [0.1, 0.15) is 50.7 Å². The number of benzene rings is 2. The molecular formula is C24H23FN4O4. The average Bonchev–Trinajstić information content (AvgIpc) is 3.14. The van der Waals surface area contributed by atoms with Gasteiger partial charge in [-0.05, 0) is 47.9 Å². The van der Waals surface area contributed by atoms with Gasteiger partial charge in [0, 0.05) is 43.7 Å². The van der Waals surface area contributed by atoms with Gasteiger partial charge in [-0.1, -0.05) is 12.1 Å². The lowest BCUT2D eigenvalue weighted by atomic mass is 10.0. The number of piperidine rings is 1. The molecule has 3 aliphatic rings. The maximum absolute atomic E-state index is 13.8. The summed E-state index contributed by atoms with van der Waals surface area (Å²) in [7, 11) is 0. The zero-order chi connectivity index (χ0) is 23.1. The van der Waals surface area contributed by atoms with E-state index in [-0.39, 0.29) is 49.0 Å². The molecule has 0 aliphatic carbocycles. The number of carbonyl (C=O) groups is 4. The standard InChI is InChI=1S/C24H23FN4O4/c25-17-3-1-2-14(11-17)20-12-26-8-9-28(20)23(32)15-4-5-18-16(10-15)13-29(24(18)33)19-6-7-21(30)27-22(19)31/h1-5,10-11,19-20,26H,6-9,12-13H2,(H,27,30,31). The van der Waals surface area contributed by atoms with E-state index in [0.29, 0.717) is 36.3 Å². The maximum Gasteiger partial charge on any atom is 0.255 e. The van der Waals surface area contributed by atoms with Crippen LogP contribution in [-0.4, -0.2) is 59.1 Å². The van der Waals surface area contributed by atoms with Gasteiger partial charge in [0.2, 0.25) is 11.8 Å². The number of hydrogen-bond donors (Lipinski definition) is 2. The third-order valence-electron chi connectivity index (χ3n) is 6.51. The lowest BCUT2D eigenvalue weighted by molar-refractivity contribution is -0.136. The third kappa shape index (κ3) is 3.89. The molecule has 4 amide bonds. The van der Waals surface area contributed by atoms with Gasteiger partial charge in [-0.3, -0.25) is 24.5 Å². The minimum absolute atomic E-state index is 0.185. The number of amides is 4. The van der Waals surface area contributed by atoms with Crippen molar-refractivity contribution in [3.63, 3.8) is 0 Å². The van der Waals surface area contributed by atoms with E-state index in [0.717, 1.165) is 5.56 Å². The second-order valence-electron chi connectivity index (χ2n) is 8.55. The zero-order valence-electron chi connectivity index (χ0n) is 17.8. The van der Waals surface area contributed by atoms with Crippen molar-refractivity contribution in [3.05, 3.63) is 70.5 Å². The molecular weight excluding hydrogens is 427 g/mol. The first-order valence-corrected chi connectivity index (χ1v) is 11.0. The third-order valence-corrected chi connectivity index (χ3v) is 6.51. The van der Waals surface area contributed by atoms with Gasteiger partial charge in [0.15, 0.2) is 0 Å². The Hall–Kier alpha value is -3.59. The number of halogens is 1. The molecule has 8 nitrogen and oxygen atoms in total. The van der Waals surface area contributed by atoms with Crippen molar-refractivity contribution < 1.29 is 23.6 Å². The maximum atomic E-state index is 13.8. The van der Waals surface area contributed by atoms with E-state index >= 15 is 0 Å². The highest BCUT2D eigenvalue weighted by Crippen LogP contribution is 2.30. The van der Waals surface area contributed by atoms with Crippen molar-refractivity contribution in [2.45, 2.75) is 31.5 Å². The molecule has 2 aromatic rings. The fraction of sp³-hybridized carbons (Fsp3) is 0.333. The van der Waals surface area contributed by atoms with E-state index in [9.17, 15) is 23.6 Å². The summed E-state index contributed by atoms with van der Waals surface area (Å²) in [6, 6.07) is 10.2. The molecule has 0 radical (unpaired) electrons. The summed E-state index contributed by atoms with van der Waals surface area (Å²) in [5.41, 5.74) is 2.29. The summed E-state index contributed by atoms with van der Waals surface area (Å²) in [5.74, 6) is -1.63. The summed E-state index contributed by atoms with van der Waals surface area (Å²) in [4.78, 5) is 53.2. The molecule has 3 aliphatic heterocycles. The van der Waals surface area contributed by atoms with Crippen LogP contribution in [0.2, 0.25) is 0 Å². The van der Waals surface area contributed by atoms with Crippen molar-refractivity contribution in [3.8, 4) is 0 Å². The van der Waals surface area contributed by atoms with Crippen LogP contribution >= 0.6 is 0 Å². The molecule has 2 saturated heterocycles. The Balaban J connectivity index is 1.38. The fourth-order valence-electron chi connectivity index (χ4n) is 4.83. The van der Waals surface area contributed by atoms with Gasteiger partial charge in [0.25, 0.3) is 11.8 Å². The number of carbonyl (C=O) groups excluding carboxylic acids is 4. The Morgan fingerprint density at radius 1 is 1.06 bits per heavy atom. The second-order valence-corrected chi connectivity index (χ2v) is 8.55. The first-order valence-electron chi connectivity index (χ1n) is 11.0. The molecule has 9 heteroatoms. The quantitative estimate of drug-likeness (QED) is 0.689. The Kier molecular flexibility index (Phi) is 5.41. The molecule has 2 N–H and O–H groups in total. The molecule has 0 aromatic heterocycles. The summed E-state index contributed by atoms with van der Waals surface area (Å²) < 4.78 is 13.8. The summed E-state index contributed by atoms with van der Waals surface area (Å²) in [6.45, 7) is 1.82. The van der Waals surface area contributed by atoms with Crippen molar-refractivity contribution >= 4 is 23.6 Å². The number of hydrogen-bond acceptors (Lipinski definition) is 5. The Morgan fingerprint density at radius 3 is 2.70 bits per heavy atom. The van der Waals surface area contributed by atoms with Crippen LogP contribution in [0, 0.1) is 5.82 Å². The largest absolute Gasteiger partial charge is 0.329 e. The Morgan fingerprint density at radius 2 is 1.91 bits per heavy atom. The van der Waals surface area contributed by atoms with Crippen molar-refractivity contribution in [2.75, 3.05) is 19.6 Å². The van der Waals surface area contributed by atoms with Gasteiger partial charge >= 0.3 is 0 Å². The number of nitrogens with zero attached hydrogens (tertiary/aromatic N) is 2. The van der Waals surface area contributed by atoms with Crippen molar-refractivity contribution in [2.24, 2.45) is 0 Å². The Labute approximate surface area is 189 Å². The summed E-state index contributed by atoms with van der Waals surface area (Å²) in [6.07, 6.45) is 0.469. The molecule has 2 atom stereocenters. The van der Waals surface area contributed by atoms with Crippen LogP contribution in [-0.2, 0) is 16.1 Å². The van der Waals surface area contributed by atoms with E-state index < -0.39 is 11.9 Å². The van der Waals surface area contributed by atoms with Crippen LogP contribution in [0.4, 0.5) is 4.39 Å². The molecule has 2 aromatic carbocycles. The molecule has 3 heterocycles. The fourth-order valence-corrected chi connectivity index (χ4v) is 4.83. The number of nitrogens with one attached hydrogen (secondary N) is 2. The minimum Gasteiger partial charge on any atom is -0.329 e. The van der Waals surface area contributed by atoms with Gasteiger partial charge in [0.1, 0.15) is 11.9 Å². The van der Waals surface area contributed by atoms with Crippen LogP contribution < -0.4 is 10.6 Å². The van der Waals surface area contributed by atoms with Gasteiger partial charge in [-0.15, -0.1) is 0 Å². The lowest BCUT2D eigenvalue weighted by Crippen LogP contribution is -2.52. The van der Waals surface area contributed by atoms with Crippen molar-refractivity contribution in [1.82, 2.24) is 20.4 Å². The van der Waals surface area contributed by atoms with E-state index in [1.54, 1.807) is 35.2 Å².